The van der Waals surface area contributed by atoms with Crippen molar-refractivity contribution < 1.29 is 9.90 Å². The highest BCUT2D eigenvalue weighted by Gasteiger charge is 2.12. The van der Waals surface area contributed by atoms with E-state index in [2.05, 4.69) is 4.98 Å². The summed E-state index contributed by atoms with van der Waals surface area (Å²) >= 11 is 7.31. The molecule has 0 spiro atoms. The molecule has 3 nitrogen and oxygen atoms in total. The van der Waals surface area contributed by atoms with Gasteiger partial charge in [0.1, 0.15) is 5.01 Å². The number of carboxylic acid groups (broad SMARTS) is 1. The Balaban J connectivity index is 2.34. The van der Waals surface area contributed by atoms with E-state index in [1.54, 1.807) is 12.1 Å². The summed E-state index contributed by atoms with van der Waals surface area (Å²) in [6.45, 7) is 1.88. The summed E-state index contributed by atoms with van der Waals surface area (Å²) in [6, 6.07) is 7.35. The van der Waals surface area contributed by atoms with Crippen LogP contribution in [0.2, 0.25) is 5.02 Å². The first-order valence-corrected chi connectivity index (χ1v) is 6.20. The molecular weight excluding hydrogens is 258 g/mol. The van der Waals surface area contributed by atoms with E-state index in [1.165, 1.54) is 11.3 Å². The van der Waals surface area contributed by atoms with Gasteiger partial charge in [-0.05, 0) is 19.1 Å². The molecule has 0 radical (unpaired) electrons. The van der Waals surface area contributed by atoms with Gasteiger partial charge in [0.05, 0.1) is 12.1 Å². The fourth-order valence-electron chi connectivity index (χ4n) is 1.45. The quantitative estimate of drug-likeness (QED) is 0.927. The number of aryl methyl sites for hydroxylation is 1. The van der Waals surface area contributed by atoms with Crippen molar-refractivity contribution in [2.75, 3.05) is 0 Å². The van der Waals surface area contributed by atoms with Gasteiger partial charge < -0.3 is 5.11 Å². The Morgan fingerprint density at radius 1 is 1.41 bits per heavy atom. The van der Waals surface area contributed by atoms with Crippen LogP contribution < -0.4 is 0 Å². The van der Waals surface area contributed by atoms with Crippen molar-refractivity contribution in [3.8, 4) is 10.6 Å². The summed E-state index contributed by atoms with van der Waals surface area (Å²) in [4.78, 5) is 15.9. The lowest BCUT2D eigenvalue weighted by Gasteiger charge is -1.95. The smallest absolute Gasteiger partial charge is 0.309 e. The molecule has 1 heterocycles. The average Bonchev–Trinajstić information content (AvgIpc) is 2.60. The largest absolute Gasteiger partial charge is 0.481 e. The number of hydrogen-bond acceptors (Lipinski definition) is 3. The van der Waals surface area contributed by atoms with Gasteiger partial charge in [0.15, 0.2) is 0 Å². The monoisotopic (exact) mass is 267 g/mol. The van der Waals surface area contributed by atoms with Gasteiger partial charge in [-0.2, -0.15) is 0 Å². The number of carboxylic acids is 1. The van der Waals surface area contributed by atoms with Gasteiger partial charge in [-0.3, -0.25) is 4.79 Å². The molecule has 2 aromatic rings. The predicted octanol–water partition coefficient (Wildman–Crippen LogP) is 3.40. The number of nitrogens with zero attached hydrogens (tertiary/aromatic N) is 1. The lowest BCUT2D eigenvalue weighted by atomic mass is 10.2. The first-order chi connectivity index (χ1) is 8.06. The van der Waals surface area contributed by atoms with E-state index in [4.69, 9.17) is 16.7 Å². The molecule has 2 rings (SSSR count). The zero-order chi connectivity index (χ0) is 12.4. The van der Waals surface area contributed by atoms with Gasteiger partial charge in [0.25, 0.3) is 0 Å². The second kappa shape index (κ2) is 4.85. The molecule has 0 aliphatic carbocycles. The van der Waals surface area contributed by atoms with Crippen LogP contribution in [0.15, 0.2) is 24.3 Å². The van der Waals surface area contributed by atoms with Crippen molar-refractivity contribution in [1.29, 1.82) is 0 Å². The molecule has 17 heavy (non-hydrogen) atoms. The molecule has 0 aliphatic rings. The third-order valence-electron chi connectivity index (χ3n) is 2.30. The Morgan fingerprint density at radius 2 is 2.06 bits per heavy atom. The van der Waals surface area contributed by atoms with Crippen LogP contribution in [0.25, 0.3) is 10.6 Å². The van der Waals surface area contributed by atoms with Crippen molar-refractivity contribution in [2.24, 2.45) is 0 Å². The minimum atomic E-state index is -0.860. The van der Waals surface area contributed by atoms with Crippen molar-refractivity contribution in [3.63, 3.8) is 0 Å². The van der Waals surface area contributed by atoms with Gasteiger partial charge in [-0.15, -0.1) is 11.3 Å². The minimum Gasteiger partial charge on any atom is -0.481 e. The van der Waals surface area contributed by atoms with E-state index in [9.17, 15) is 4.79 Å². The molecule has 0 amide bonds. The van der Waals surface area contributed by atoms with Crippen molar-refractivity contribution in [1.82, 2.24) is 4.98 Å². The maximum atomic E-state index is 10.7. The maximum Gasteiger partial charge on any atom is 0.309 e. The number of thiazole rings is 1. The minimum absolute atomic E-state index is 0.0318. The molecule has 0 saturated carbocycles. The number of aromatic nitrogens is 1. The summed E-state index contributed by atoms with van der Waals surface area (Å²) in [5, 5.41) is 10.3. The van der Waals surface area contributed by atoms with Crippen LogP contribution in [0.1, 0.15) is 10.6 Å². The standard InChI is InChI=1S/C12H10ClNO2S/c1-7-10(6-11(15)16)14-12(17-7)8-2-4-9(13)5-3-8/h2-5H,6H2,1H3,(H,15,16). The van der Waals surface area contributed by atoms with Gasteiger partial charge in [-0.1, -0.05) is 23.7 Å². The first kappa shape index (κ1) is 12.1. The van der Waals surface area contributed by atoms with Crippen LogP contribution in [0.3, 0.4) is 0 Å². The zero-order valence-corrected chi connectivity index (χ0v) is 10.7. The second-order valence-corrected chi connectivity index (χ2v) is 5.24. The Bertz CT molecular complexity index is 548. The van der Waals surface area contributed by atoms with E-state index >= 15 is 0 Å². The average molecular weight is 268 g/mol. The lowest BCUT2D eigenvalue weighted by molar-refractivity contribution is -0.136. The molecule has 5 heteroatoms. The number of carbonyl (C=O) groups is 1. The molecule has 0 unspecified atom stereocenters. The van der Waals surface area contributed by atoms with Crippen LogP contribution in [0, 0.1) is 6.92 Å². The summed E-state index contributed by atoms with van der Waals surface area (Å²) < 4.78 is 0. The Morgan fingerprint density at radius 3 is 2.65 bits per heavy atom. The fourth-order valence-corrected chi connectivity index (χ4v) is 2.51. The fraction of sp³-hybridized carbons (Fsp3) is 0.167. The summed E-state index contributed by atoms with van der Waals surface area (Å²) in [7, 11) is 0. The molecule has 0 atom stereocenters. The van der Waals surface area contributed by atoms with Crippen molar-refractivity contribution in [2.45, 2.75) is 13.3 Å². The Kier molecular flexibility index (Phi) is 3.45. The maximum absolute atomic E-state index is 10.7. The Hall–Kier alpha value is -1.39. The molecule has 1 N–H and O–H groups in total. The molecule has 0 aliphatic heterocycles. The summed E-state index contributed by atoms with van der Waals surface area (Å²) in [6.07, 6.45) is -0.0318. The Labute approximate surface area is 108 Å². The third kappa shape index (κ3) is 2.84. The number of halogens is 1. The van der Waals surface area contributed by atoms with E-state index in [0.29, 0.717) is 10.7 Å². The van der Waals surface area contributed by atoms with E-state index < -0.39 is 5.97 Å². The molecule has 88 valence electrons. The van der Waals surface area contributed by atoms with Gasteiger partial charge in [-0.25, -0.2) is 4.98 Å². The van der Waals surface area contributed by atoms with Crippen molar-refractivity contribution in [3.05, 3.63) is 39.9 Å². The normalized spacial score (nSPS) is 10.5. The summed E-state index contributed by atoms with van der Waals surface area (Å²) in [5.41, 5.74) is 1.59. The van der Waals surface area contributed by atoms with Crippen LogP contribution >= 0.6 is 22.9 Å². The molecule has 1 aromatic heterocycles. The third-order valence-corrected chi connectivity index (χ3v) is 3.62. The van der Waals surface area contributed by atoms with E-state index in [-0.39, 0.29) is 6.42 Å². The number of rotatable bonds is 3. The summed E-state index contributed by atoms with van der Waals surface area (Å²) in [5.74, 6) is -0.860. The number of hydrogen-bond donors (Lipinski definition) is 1. The first-order valence-electron chi connectivity index (χ1n) is 5.00. The molecule has 1 aromatic carbocycles. The van der Waals surface area contributed by atoms with Gasteiger partial charge in [0, 0.05) is 15.5 Å². The van der Waals surface area contributed by atoms with Crippen LogP contribution in [-0.2, 0) is 11.2 Å². The SMILES string of the molecule is Cc1sc(-c2ccc(Cl)cc2)nc1CC(=O)O. The van der Waals surface area contributed by atoms with E-state index in [0.717, 1.165) is 15.4 Å². The van der Waals surface area contributed by atoms with Crippen LogP contribution in [0.5, 0.6) is 0 Å². The highest BCUT2D eigenvalue weighted by atomic mass is 35.5. The number of aliphatic carboxylic acids is 1. The molecule has 0 bridgehead atoms. The highest BCUT2D eigenvalue weighted by molar-refractivity contribution is 7.15. The molecular formula is C12H10ClNO2S. The van der Waals surface area contributed by atoms with E-state index in [1.807, 2.05) is 19.1 Å². The van der Waals surface area contributed by atoms with Crippen LogP contribution in [-0.4, -0.2) is 16.1 Å². The number of benzene rings is 1. The van der Waals surface area contributed by atoms with Gasteiger partial charge in [0.2, 0.25) is 0 Å². The predicted molar refractivity (Wildman–Crippen MR) is 68.6 cm³/mol. The second-order valence-electron chi connectivity index (χ2n) is 3.60. The topological polar surface area (TPSA) is 50.2 Å². The molecule has 0 saturated heterocycles. The zero-order valence-electron chi connectivity index (χ0n) is 9.11. The van der Waals surface area contributed by atoms with Crippen LogP contribution in [0.4, 0.5) is 0 Å². The van der Waals surface area contributed by atoms with Crippen molar-refractivity contribution >= 4 is 28.9 Å². The van der Waals surface area contributed by atoms with Gasteiger partial charge >= 0.3 is 5.97 Å². The highest BCUT2D eigenvalue weighted by Crippen LogP contribution is 2.28. The molecule has 0 fully saturated rings. The lowest BCUT2D eigenvalue weighted by Crippen LogP contribution is -2.01.